The van der Waals surface area contributed by atoms with Crippen molar-refractivity contribution < 1.29 is 4.79 Å². The Morgan fingerprint density at radius 2 is 2.00 bits per heavy atom. The first-order valence-corrected chi connectivity index (χ1v) is 8.24. The monoisotopic (exact) mass is 294 g/mol. The lowest BCUT2D eigenvalue weighted by molar-refractivity contribution is -0.135. The predicted octanol–water partition coefficient (Wildman–Crippen LogP) is 2.76. The normalized spacial score (nSPS) is 27.9. The molecule has 0 bridgehead atoms. The molecule has 0 aromatic heterocycles. The van der Waals surface area contributed by atoms with Crippen LogP contribution < -0.4 is 5.32 Å². The number of fused-ring (bicyclic) bond motifs is 1. The minimum atomic E-state index is 0.196. The molecular formula is C19H22N2O. The van der Waals surface area contributed by atoms with E-state index in [2.05, 4.69) is 59.6 Å². The van der Waals surface area contributed by atoms with Crippen molar-refractivity contribution in [3.05, 3.63) is 48.0 Å². The number of carbonyl (C=O) groups is 1. The van der Waals surface area contributed by atoms with Gasteiger partial charge in [-0.2, -0.15) is 0 Å². The molecule has 1 aliphatic carbocycles. The van der Waals surface area contributed by atoms with Crippen LogP contribution in [0.3, 0.4) is 0 Å². The van der Waals surface area contributed by atoms with E-state index in [1.54, 1.807) is 0 Å². The summed E-state index contributed by atoms with van der Waals surface area (Å²) in [6.45, 7) is 4.82. The summed E-state index contributed by atoms with van der Waals surface area (Å²) in [5.74, 6) is 0.966. The zero-order chi connectivity index (χ0) is 15.1. The summed E-state index contributed by atoms with van der Waals surface area (Å²) in [5.41, 5.74) is 1.32. The van der Waals surface area contributed by atoms with Crippen molar-refractivity contribution in [3.8, 4) is 0 Å². The zero-order valence-corrected chi connectivity index (χ0v) is 13.0. The van der Waals surface area contributed by atoms with E-state index >= 15 is 0 Å². The molecule has 1 heterocycles. The Bertz CT molecular complexity index is 711. The van der Waals surface area contributed by atoms with Gasteiger partial charge in [0.05, 0.1) is 0 Å². The molecule has 1 saturated heterocycles. The average molecular weight is 294 g/mol. The van der Waals surface area contributed by atoms with Gasteiger partial charge in [0, 0.05) is 31.6 Å². The van der Waals surface area contributed by atoms with E-state index < -0.39 is 0 Å². The highest BCUT2D eigenvalue weighted by molar-refractivity contribution is 5.86. The first-order valence-electron chi connectivity index (χ1n) is 8.24. The van der Waals surface area contributed by atoms with Crippen LogP contribution in [0.25, 0.3) is 10.8 Å². The minimum absolute atomic E-state index is 0.196. The number of benzene rings is 2. The third-order valence-electron chi connectivity index (χ3n) is 5.09. The molecule has 22 heavy (non-hydrogen) atoms. The number of piperazine rings is 1. The molecule has 2 aromatic rings. The highest BCUT2D eigenvalue weighted by Crippen LogP contribution is 2.49. The first-order chi connectivity index (χ1) is 10.7. The summed E-state index contributed by atoms with van der Waals surface area (Å²) in [4.78, 5) is 14.8. The SMILES string of the molecule is C[C@H]1CNCCN1C(=O)C1CC1c1ccc2ccccc2c1. The Balaban J connectivity index is 1.51. The van der Waals surface area contributed by atoms with Gasteiger partial charge in [0.2, 0.25) is 5.91 Å². The lowest BCUT2D eigenvalue weighted by Gasteiger charge is -2.34. The number of hydrogen-bond donors (Lipinski definition) is 1. The van der Waals surface area contributed by atoms with Gasteiger partial charge in [-0.15, -0.1) is 0 Å². The highest BCUT2D eigenvalue weighted by atomic mass is 16.2. The number of nitrogens with one attached hydrogen (secondary N) is 1. The van der Waals surface area contributed by atoms with Crippen molar-refractivity contribution in [2.24, 2.45) is 5.92 Å². The lowest BCUT2D eigenvalue weighted by Crippen LogP contribution is -2.52. The molecule has 3 atom stereocenters. The second-order valence-corrected chi connectivity index (χ2v) is 6.64. The number of amides is 1. The molecule has 1 saturated carbocycles. The van der Waals surface area contributed by atoms with E-state index in [0.717, 1.165) is 26.1 Å². The summed E-state index contributed by atoms with van der Waals surface area (Å²) in [7, 11) is 0. The number of carbonyl (C=O) groups excluding carboxylic acids is 1. The molecule has 2 fully saturated rings. The molecule has 3 nitrogen and oxygen atoms in total. The van der Waals surface area contributed by atoms with Crippen molar-refractivity contribution in [2.75, 3.05) is 19.6 Å². The Labute approximate surface area is 131 Å². The molecule has 1 N–H and O–H groups in total. The predicted molar refractivity (Wildman–Crippen MR) is 88.8 cm³/mol. The fourth-order valence-electron chi connectivity index (χ4n) is 3.66. The third-order valence-corrected chi connectivity index (χ3v) is 5.09. The van der Waals surface area contributed by atoms with Gasteiger partial charge >= 0.3 is 0 Å². The molecule has 0 spiro atoms. The second kappa shape index (κ2) is 5.40. The van der Waals surface area contributed by atoms with Gasteiger partial charge in [-0.1, -0.05) is 42.5 Å². The smallest absolute Gasteiger partial charge is 0.226 e. The summed E-state index contributed by atoms with van der Waals surface area (Å²) in [6.07, 6.45) is 1.01. The van der Waals surface area contributed by atoms with Gasteiger partial charge in [0.25, 0.3) is 0 Å². The van der Waals surface area contributed by atoms with Crippen molar-refractivity contribution in [3.63, 3.8) is 0 Å². The molecular weight excluding hydrogens is 272 g/mol. The fourth-order valence-corrected chi connectivity index (χ4v) is 3.66. The van der Waals surface area contributed by atoms with E-state index in [1.807, 2.05) is 0 Å². The molecule has 114 valence electrons. The van der Waals surface area contributed by atoms with Gasteiger partial charge in [0.15, 0.2) is 0 Å². The van der Waals surface area contributed by atoms with Crippen LogP contribution in [0.4, 0.5) is 0 Å². The Morgan fingerprint density at radius 3 is 2.82 bits per heavy atom. The standard InChI is InChI=1S/C19H22N2O/c1-13-12-20-8-9-21(13)19(22)18-11-17(18)16-7-6-14-4-2-3-5-15(14)10-16/h2-7,10,13,17-18,20H,8-9,11-12H2,1H3/t13-,17?,18?/m0/s1. The van der Waals surface area contributed by atoms with Gasteiger partial charge < -0.3 is 10.2 Å². The molecule has 2 unspecified atom stereocenters. The number of rotatable bonds is 2. The minimum Gasteiger partial charge on any atom is -0.337 e. The summed E-state index contributed by atoms with van der Waals surface area (Å²) < 4.78 is 0. The molecule has 3 heteroatoms. The van der Waals surface area contributed by atoms with Crippen LogP contribution in [-0.4, -0.2) is 36.5 Å². The van der Waals surface area contributed by atoms with Crippen LogP contribution in [0.2, 0.25) is 0 Å². The molecule has 1 aliphatic heterocycles. The quantitative estimate of drug-likeness (QED) is 0.923. The Kier molecular flexibility index (Phi) is 3.38. The third kappa shape index (κ3) is 2.40. The molecule has 4 rings (SSSR count). The highest BCUT2D eigenvalue weighted by Gasteiger charge is 2.46. The largest absolute Gasteiger partial charge is 0.337 e. The van der Waals surface area contributed by atoms with Crippen LogP contribution in [0, 0.1) is 5.92 Å². The summed E-state index contributed by atoms with van der Waals surface area (Å²) >= 11 is 0. The second-order valence-electron chi connectivity index (χ2n) is 6.64. The van der Waals surface area contributed by atoms with Crippen molar-refractivity contribution in [1.82, 2.24) is 10.2 Å². The van der Waals surface area contributed by atoms with E-state index in [1.165, 1.54) is 16.3 Å². The zero-order valence-electron chi connectivity index (χ0n) is 13.0. The molecule has 0 radical (unpaired) electrons. The van der Waals surface area contributed by atoms with Crippen molar-refractivity contribution in [2.45, 2.75) is 25.3 Å². The van der Waals surface area contributed by atoms with Gasteiger partial charge in [-0.3, -0.25) is 4.79 Å². The maximum atomic E-state index is 12.7. The topological polar surface area (TPSA) is 32.3 Å². The van der Waals surface area contributed by atoms with Crippen LogP contribution >= 0.6 is 0 Å². The maximum Gasteiger partial charge on any atom is 0.226 e. The summed E-state index contributed by atoms with van der Waals surface area (Å²) in [6, 6.07) is 15.4. The number of hydrogen-bond acceptors (Lipinski definition) is 2. The molecule has 2 aromatic carbocycles. The van der Waals surface area contributed by atoms with E-state index in [0.29, 0.717) is 17.9 Å². The maximum absolute atomic E-state index is 12.7. The van der Waals surface area contributed by atoms with Gasteiger partial charge in [-0.05, 0) is 35.6 Å². The van der Waals surface area contributed by atoms with Crippen LogP contribution in [0.15, 0.2) is 42.5 Å². The average Bonchev–Trinajstić information content (AvgIpc) is 3.35. The first kappa shape index (κ1) is 13.8. The van der Waals surface area contributed by atoms with E-state index in [9.17, 15) is 4.79 Å². The van der Waals surface area contributed by atoms with Crippen LogP contribution in [0.1, 0.15) is 24.8 Å². The van der Waals surface area contributed by atoms with Gasteiger partial charge in [0.1, 0.15) is 0 Å². The van der Waals surface area contributed by atoms with Crippen molar-refractivity contribution in [1.29, 1.82) is 0 Å². The number of nitrogens with zero attached hydrogens (tertiary/aromatic N) is 1. The Morgan fingerprint density at radius 1 is 1.18 bits per heavy atom. The van der Waals surface area contributed by atoms with E-state index in [4.69, 9.17) is 0 Å². The summed E-state index contributed by atoms with van der Waals surface area (Å²) in [5, 5.41) is 5.89. The Hall–Kier alpha value is -1.87. The van der Waals surface area contributed by atoms with Crippen LogP contribution in [0.5, 0.6) is 0 Å². The molecule has 2 aliphatic rings. The van der Waals surface area contributed by atoms with E-state index in [-0.39, 0.29) is 5.92 Å². The van der Waals surface area contributed by atoms with Crippen LogP contribution in [-0.2, 0) is 4.79 Å². The molecule has 1 amide bonds. The van der Waals surface area contributed by atoms with Crippen molar-refractivity contribution >= 4 is 16.7 Å². The fraction of sp³-hybridized carbons (Fsp3) is 0.421. The lowest BCUT2D eigenvalue weighted by atomic mass is 10.0. The van der Waals surface area contributed by atoms with Gasteiger partial charge in [-0.25, -0.2) is 0 Å².